The van der Waals surface area contributed by atoms with Crippen molar-refractivity contribution < 1.29 is 38.1 Å². The Kier molecular flexibility index (Phi) is 13.4. The Morgan fingerprint density at radius 2 is 0.861 bits per heavy atom. The molecule has 1 aliphatic heterocycles. The van der Waals surface area contributed by atoms with E-state index in [1.807, 2.05) is 9.80 Å². The molecule has 36 heavy (non-hydrogen) atoms. The first-order chi connectivity index (χ1) is 17.2. The number of carbonyl (C=O) groups excluding carboxylic acids is 4. The molecule has 0 aromatic heterocycles. The van der Waals surface area contributed by atoms with Gasteiger partial charge in [-0.2, -0.15) is 0 Å². The van der Waals surface area contributed by atoms with E-state index in [9.17, 15) is 19.2 Å². The second-order valence-corrected chi connectivity index (χ2v) is 8.58. The molecule has 1 heterocycles. The van der Waals surface area contributed by atoms with Crippen LogP contribution in [-0.4, -0.2) is 99.4 Å². The molecule has 0 atom stereocenters. The minimum atomic E-state index is -1.52. The van der Waals surface area contributed by atoms with E-state index in [0.29, 0.717) is 26.2 Å². The molecule has 10 nitrogen and oxygen atoms in total. The molecule has 0 aromatic rings. The van der Waals surface area contributed by atoms with Crippen molar-refractivity contribution in [1.29, 1.82) is 0 Å². The molecule has 0 amide bonds. The van der Waals surface area contributed by atoms with E-state index >= 15 is 0 Å². The van der Waals surface area contributed by atoms with Crippen LogP contribution in [0.5, 0.6) is 0 Å². The zero-order valence-corrected chi connectivity index (χ0v) is 22.2. The molecule has 0 spiro atoms. The van der Waals surface area contributed by atoms with Crippen molar-refractivity contribution in [2.45, 2.75) is 40.5 Å². The lowest BCUT2D eigenvalue weighted by Crippen LogP contribution is -2.57. The Bertz CT molecular complexity index is 674. The van der Waals surface area contributed by atoms with E-state index in [1.165, 1.54) is 12.2 Å². The van der Waals surface area contributed by atoms with E-state index in [-0.39, 0.29) is 52.4 Å². The number of piperazine rings is 1. The third kappa shape index (κ3) is 7.64. The lowest BCUT2D eigenvalue weighted by atomic mass is 9.82. The van der Waals surface area contributed by atoms with Gasteiger partial charge < -0.3 is 18.9 Å². The zero-order valence-electron chi connectivity index (χ0n) is 22.2. The number of hydrogen-bond donors (Lipinski definition) is 0. The average Bonchev–Trinajstić information content (AvgIpc) is 2.85. The summed E-state index contributed by atoms with van der Waals surface area (Å²) in [5.74, 6) is -2.55. The van der Waals surface area contributed by atoms with Crippen LogP contribution in [0.15, 0.2) is 25.3 Å². The highest BCUT2D eigenvalue weighted by molar-refractivity contribution is 6.01. The summed E-state index contributed by atoms with van der Waals surface area (Å²) < 4.78 is 21.0. The van der Waals surface area contributed by atoms with Crippen LogP contribution in [0.1, 0.15) is 40.5 Å². The first-order valence-electron chi connectivity index (χ1n) is 12.6. The Balaban J connectivity index is 3.09. The van der Waals surface area contributed by atoms with Gasteiger partial charge in [-0.25, -0.2) is 0 Å². The van der Waals surface area contributed by atoms with Crippen LogP contribution >= 0.6 is 0 Å². The van der Waals surface area contributed by atoms with Gasteiger partial charge in [0, 0.05) is 39.3 Å². The lowest BCUT2D eigenvalue weighted by molar-refractivity contribution is -0.177. The van der Waals surface area contributed by atoms with E-state index in [2.05, 4.69) is 13.2 Å². The summed E-state index contributed by atoms with van der Waals surface area (Å²) in [4.78, 5) is 55.7. The van der Waals surface area contributed by atoms with Gasteiger partial charge in [0.05, 0.1) is 26.4 Å². The summed E-state index contributed by atoms with van der Waals surface area (Å²) in [5.41, 5.74) is -3.03. The van der Waals surface area contributed by atoms with Gasteiger partial charge in [-0.05, 0) is 40.5 Å². The number of hydrogen-bond acceptors (Lipinski definition) is 10. The summed E-state index contributed by atoms with van der Waals surface area (Å²) in [5, 5.41) is 0. The van der Waals surface area contributed by atoms with E-state index in [1.54, 1.807) is 27.7 Å². The third-order valence-corrected chi connectivity index (χ3v) is 6.10. The maximum Gasteiger partial charge on any atom is 0.325 e. The molecular weight excluding hydrogens is 468 g/mol. The molecule has 0 N–H and O–H groups in total. The van der Waals surface area contributed by atoms with Gasteiger partial charge in [0.25, 0.3) is 0 Å². The number of allylic oxidation sites excluding steroid dienone is 2. The number of carbonyl (C=O) groups is 4. The average molecular weight is 511 g/mol. The fourth-order valence-electron chi connectivity index (χ4n) is 4.33. The van der Waals surface area contributed by atoms with Gasteiger partial charge in [-0.15, -0.1) is 13.2 Å². The first kappa shape index (κ1) is 31.3. The normalized spacial score (nSPS) is 15.0. The Hall–Kier alpha value is -2.72. The highest BCUT2D eigenvalue weighted by Gasteiger charge is 2.51. The van der Waals surface area contributed by atoms with Gasteiger partial charge in [-0.3, -0.25) is 29.0 Å². The molecule has 0 unspecified atom stereocenters. The van der Waals surface area contributed by atoms with Crippen LogP contribution in [0.25, 0.3) is 0 Å². The molecule has 1 aliphatic rings. The molecule has 0 bridgehead atoms. The highest BCUT2D eigenvalue weighted by atomic mass is 16.6. The van der Waals surface area contributed by atoms with Crippen molar-refractivity contribution in [3.63, 3.8) is 0 Å². The quantitative estimate of drug-likeness (QED) is 0.132. The van der Waals surface area contributed by atoms with Gasteiger partial charge in [-0.1, -0.05) is 12.2 Å². The lowest BCUT2D eigenvalue weighted by Gasteiger charge is -2.41. The van der Waals surface area contributed by atoms with Crippen LogP contribution in [0, 0.1) is 10.8 Å². The van der Waals surface area contributed by atoms with Crippen molar-refractivity contribution in [1.82, 2.24) is 9.80 Å². The Morgan fingerprint density at radius 3 is 1.06 bits per heavy atom. The second-order valence-electron chi connectivity index (χ2n) is 8.58. The Labute approximate surface area is 214 Å². The summed E-state index contributed by atoms with van der Waals surface area (Å²) >= 11 is 0. The zero-order chi connectivity index (χ0) is 27.2. The molecule has 0 radical (unpaired) electrons. The van der Waals surface area contributed by atoms with Crippen molar-refractivity contribution in [3.05, 3.63) is 25.3 Å². The maximum atomic E-state index is 12.9. The first-order valence-corrected chi connectivity index (χ1v) is 12.6. The molecular formula is C26H42N2O8. The Morgan fingerprint density at radius 1 is 0.611 bits per heavy atom. The molecule has 204 valence electrons. The predicted molar refractivity (Wildman–Crippen MR) is 134 cm³/mol. The largest absolute Gasteiger partial charge is 0.465 e. The van der Waals surface area contributed by atoms with Crippen molar-refractivity contribution in [2.24, 2.45) is 10.8 Å². The number of esters is 4. The molecule has 0 aromatic carbocycles. The molecule has 1 rings (SSSR count). The van der Waals surface area contributed by atoms with Crippen LogP contribution in [-0.2, 0) is 38.1 Å². The molecule has 1 fully saturated rings. The fraction of sp³-hybridized carbons (Fsp3) is 0.692. The monoisotopic (exact) mass is 510 g/mol. The van der Waals surface area contributed by atoms with Crippen LogP contribution < -0.4 is 0 Å². The molecule has 1 saturated heterocycles. The van der Waals surface area contributed by atoms with Gasteiger partial charge in [0.1, 0.15) is 0 Å². The van der Waals surface area contributed by atoms with Crippen LogP contribution in [0.4, 0.5) is 0 Å². The minimum Gasteiger partial charge on any atom is -0.465 e. The SMILES string of the molecule is C=CCC(CN1CCN(CC(CC=C)(C(=O)OCC)C(=O)OCC)CC1)(C(=O)OCC)C(=O)OCC. The van der Waals surface area contributed by atoms with Crippen molar-refractivity contribution in [2.75, 3.05) is 65.7 Å². The molecule has 10 heteroatoms. The summed E-state index contributed by atoms with van der Waals surface area (Å²) in [7, 11) is 0. The summed E-state index contributed by atoms with van der Waals surface area (Å²) in [6.07, 6.45) is 3.21. The van der Waals surface area contributed by atoms with E-state index in [4.69, 9.17) is 18.9 Å². The smallest absolute Gasteiger partial charge is 0.325 e. The summed E-state index contributed by atoms with van der Waals surface area (Å²) in [6, 6.07) is 0. The maximum absolute atomic E-state index is 12.9. The number of ether oxygens (including phenoxy) is 4. The van der Waals surface area contributed by atoms with Gasteiger partial charge in [0.15, 0.2) is 10.8 Å². The van der Waals surface area contributed by atoms with Crippen LogP contribution in [0.2, 0.25) is 0 Å². The predicted octanol–water partition coefficient (Wildman–Crippen LogP) is 1.98. The van der Waals surface area contributed by atoms with Crippen molar-refractivity contribution >= 4 is 23.9 Å². The van der Waals surface area contributed by atoms with Crippen LogP contribution in [0.3, 0.4) is 0 Å². The van der Waals surface area contributed by atoms with Gasteiger partial charge in [0.2, 0.25) is 0 Å². The number of nitrogens with zero attached hydrogens (tertiary/aromatic N) is 2. The van der Waals surface area contributed by atoms with E-state index in [0.717, 1.165) is 0 Å². The molecule has 0 aliphatic carbocycles. The number of rotatable bonds is 16. The van der Waals surface area contributed by atoms with E-state index < -0.39 is 34.7 Å². The van der Waals surface area contributed by atoms with Gasteiger partial charge >= 0.3 is 23.9 Å². The second kappa shape index (κ2) is 15.4. The standard InChI is InChI=1S/C26H42N2O8/c1-7-13-25(21(29)33-9-3,22(30)34-10-4)19-27-15-17-28(18-16-27)20-26(14-8-2,23(31)35-11-5)24(32)36-12-6/h7-8H,1-2,9-20H2,3-6H3. The topological polar surface area (TPSA) is 112 Å². The van der Waals surface area contributed by atoms with Crippen molar-refractivity contribution in [3.8, 4) is 0 Å². The molecule has 0 saturated carbocycles. The summed E-state index contributed by atoms with van der Waals surface area (Å²) in [6.45, 7) is 16.9. The minimum absolute atomic E-state index is 0.0824. The fourth-order valence-corrected chi connectivity index (χ4v) is 4.33. The third-order valence-electron chi connectivity index (χ3n) is 6.10. The highest BCUT2D eigenvalue weighted by Crippen LogP contribution is 2.31.